The minimum absolute atomic E-state index is 0.128. The van der Waals surface area contributed by atoms with Gasteiger partial charge in [-0.15, -0.1) is 0 Å². The summed E-state index contributed by atoms with van der Waals surface area (Å²) in [5.74, 6) is 0.388. The molecule has 1 amide bonds. The number of nitrogens with two attached hydrogens (primary N) is 1. The Morgan fingerprint density at radius 3 is 2.58 bits per heavy atom. The van der Waals surface area contributed by atoms with Crippen LogP contribution in [-0.2, 0) is 4.79 Å². The Bertz CT molecular complexity index is 607. The van der Waals surface area contributed by atoms with Crippen LogP contribution in [-0.4, -0.2) is 12.5 Å². The Hall–Kier alpha value is -2.29. The van der Waals surface area contributed by atoms with Crippen LogP contribution >= 0.6 is 0 Å². The first kappa shape index (κ1) is 11.8. The zero-order chi connectivity index (χ0) is 13.2. The van der Waals surface area contributed by atoms with Crippen molar-refractivity contribution >= 4 is 11.6 Å². The van der Waals surface area contributed by atoms with Crippen LogP contribution in [0.25, 0.3) is 11.1 Å². The maximum atomic E-state index is 11.3. The topological polar surface area (TPSA) is 55.1 Å². The van der Waals surface area contributed by atoms with Gasteiger partial charge in [-0.2, -0.15) is 0 Å². The molecule has 1 heterocycles. The molecule has 19 heavy (non-hydrogen) atoms. The van der Waals surface area contributed by atoms with Crippen molar-refractivity contribution in [1.29, 1.82) is 0 Å². The smallest absolute Gasteiger partial charge is 0.220 e. The molecule has 0 aliphatic carbocycles. The lowest BCUT2D eigenvalue weighted by Gasteiger charge is -2.12. The van der Waals surface area contributed by atoms with Crippen LogP contribution < -0.4 is 11.1 Å². The van der Waals surface area contributed by atoms with Gasteiger partial charge < -0.3 is 11.1 Å². The molecule has 2 aromatic rings. The zero-order valence-electron chi connectivity index (χ0n) is 10.6. The summed E-state index contributed by atoms with van der Waals surface area (Å²) in [5, 5.41) is 2.87. The molecule has 0 spiro atoms. The molecular formula is C16H16N2O. The van der Waals surface area contributed by atoms with Crippen LogP contribution in [0.3, 0.4) is 0 Å². The van der Waals surface area contributed by atoms with Crippen molar-refractivity contribution in [1.82, 2.24) is 5.32 Å². The molecule has 1 atom stereocenters. The van der Waals surface area contributed by atoms with E-state index < -0.39 is 0 Å². The fourth-order valence-corrected chi connectivity index (χ4v) is 2.54. The lowest BCUT2D eigenvalue weighted by Crippen LogP contribution is -2.13. The second-order valence-corrected chi connectivity index (χ2v) is 4.92. The van der Waals surface area contributed by atoms with E-state index in [2.05, 4.69) is 11.4 Å². The third-order valence-electron chi connectivity index (χ3n) is 3.61. The standard InChI is InChI=1S/C16H16N2O/c17-15-7-6-12(13-9-16(19)18-10-13)8-14(15)11-4-2-1-3-5-11/h1-8,13H,9-10,17H2,(H,18,19)/t13-/m1/s1. The summed E-state index contributed by atoms with van der Waals surface area (Å²) >= 11 is 0. The van der Waals surface area contributed by atoms with Crippen LogP contribution in [0.15, 0.2) is 48.5 Å². The molecule has 3 heteroatoms. The predicted octanol–water partition coefficient (Wildman–Crippen LogP) is 2.54. The SMILES string of the molecule is Nc1ccc([C@H]2CNC(=O)C2)cc1-c1ccccc1. The first-order chi connectivity index (χ1) is 9.24. The van der Waals surface area contributed by atoms with E-state index in [1.807, 2.05) is 42.5 Å². The minimum Gasteiger partial charge on any atom is -0.398 e. The highest BCUT2D eigenvalue weighted by molar-refractivity contribution is 5.81. The highest BCUT2D eigenvalue weighted by Crippen LogP contribution is 2.31. The van der Waals surface area contributed by atoms with Gasteiger partial charge in [0.2, 0.25) is 5.91 Å². The number of nitrogen functional groups attached to an aromatic ring is 1. The normalized spacial score (nSPS) is 18.3. The fraction of sp³-hybridized carbons (Fsp3) is 0.188. The van der Waals surface area contributed by atoms with Gasteiger partial charge in [0.25, 0.3) is 0 Å². The Balaban J connectivity index is 1.99. The predicted molar refractivity (Wildman–Crippen MR) is 76.7 cm³/mol. The Morgan fingerprint density at radius 2 is 1.89 bits per heavy atom. The molecule has 3 nitrogen and oxygen atoms in total. The number of carbonyl (C=O) groups excluding carboxylic acids is 1. The van der Waals surface area contributed by atoms with Gasteiger partial charge >= 0.3 is 0 Å². The van der Waals surface area contributed by atoms with Gasteiger partial charge in [0, 0.05) is 30.1 Å². The number of amides is 1. The van der Waals surface area contributed by atoms with Crippen molar-refractivity contribution in [3.05, 3.63) is 54.1 Å². The number of anilines is 1. The number of carbonyl (C=O) groups is 1. The summed E-state index contributed by atoms with van der Waals surface area (Å²) in [6, 6.07) is 16.1. The lowest BCUT2D eigenvalue weighted by atomic mass is 9.93. The molecule has 1 saturated heterocycles. The summed E-state index contributed by atoms with van der Waals surface area (Å²) in [6.45, 7) is 0.719. The number of hydrogen-bond acceptors (Lipinski definition) is 2. The van der Waals surface area contributed by atoms with E-state index in [1.165, 1.54) is 5.56 Å². The van der Waals surface area contributed by atoms with E-state index in [-0.39, 0.29) is 11.8 Å². The largest absolute Gasteiger partial charge is 0.398 e. The number of benzene rings is 2. The molecule has 3 N–H and O–H groups in total. The Labute approximate surface area is 112 Å². The summed E-state index contributed by atoms with van der Waals surface area (Å²) in [5.41, 5.74) is 10.2. The third kappa shape index (κ3) is 2.32. The monoisotopic (exact) mass is 252 g/mol. The van der Waals surface area contributed by atoms with E-state index in [0.29, 0.717) is 6.42 Å². The maximum Gasteiger partial charge on any atom is 0.220 e. The van der Waals surface area contributed by atoms with Crippen molar-refractivity contribution in [3.63, 3.8) is 0 Å². The van der Waals surface area contributed by atoms with Crippen LogP contribution in [0, 0.1) is 0 Å². The van der Waals surface area contributed by atoms with Crippen molar-refractivity contribution in [2.45, 2.75) is 12.3 Å². The summed E-state index contributed by atoms with van der Waals surface area (Å²) < 4.78 is 0. The molecule has 96 valence electrons. The van der Waals surface area contributed by atoms with Crippen molar-refractivity contribution in [2.24, 2.45) is 0 Å². The quantitative estimate of drug-likeness (QED) is 0.807. The van der Waals surface area contributed by atoms with E-state index in [4.69, 9.17) is 5.73 Å². The van der Waals surface area contributed by atoms with Gasteiger partial charge in [-0.3, -0.25) is 4.79 Å². The summed E-state index contributed by atoms with van der Waals surface area (Å²) in [4.78, 5) is 11.3. The van der Waals surface area contributed by atoms with E-state index in [0.717, 1.165) is 23.4 Å². The van der Waals surface area contributed by atoms with Gasteiger partial charge in [-0.1, -0.05) is 36.4 Å². The highest BCUT2D eigenvalue weighted by Gasteiger charge is 2.23. The van der Waals surface area contributed by atoms with Crippen LogP contribution in [0.5, 0.6) is 0 Å². The average Bonchev–Trinajstić information content (AvgIpc) is 2.87. The number of nitrogens with one attached hydrogen (secondary N) is 1. The molecular weight excluding hydrogens is 236 g/mol. The highest BCUT2D eigenvalue weighted by atomic mass is 16.1. The van der Waals surface area contributed by atoms with Crippen LogP contribution in [0.4, 0.5) is 5.69 Å². The molecule has 1 aliphatic heterocycles. The first-order valence-corrected chi connectivity index (χ1v) is 6.45. The second kappa shape index (κ2) is 4.76. The van der Waals surface area contributed by atoms with Crippen LogP contribution in [0.2, 0.25) is 0 Å². The molecule has 0 unspecified atom stereocenters. The van der Waals surface area contributed by atoms with Gasteiger partial charge in [-0.25, -0.2) is 0 Å². The summed E-state index contributed by atoms with van der Waals surface area (Å²) in [7, 11) is 0. The average molecular weight is 252 g/mol. The molecule has 1 fully saturated rings. The molecule has 0 radical (unpaired) electrons. The summed E-state index contributed by atoms with van der Waals surface area (Å²) in [6.07, 6.45) is 0.568. The molecule has 3 rings (SSSR count). The molecule has 1 aliphatic rings. The lowest BCUT2D eigenvalue weighted by molar-refractivity contribution is -0.119. The zero-order valence-corrected chi connectivity index (χ0v) is 10.6. The minimum atomic E-state index is 0.128. The van der Waals surface area contributed by atoms with Gasteiger partial charge in [0.05, 0.1) is 0 Å². The van der Waals surface area contributed by atoms with Crippen molar-refractivity contribution in [2.75, 3.05) is 12.3 Å². The van der Waals surface area contributed by atoms with E-state index in [1.54, 1.807) is 0 Å². The van der Waals surface area contributed by atoms with Crippen molar-refractivity contribution < 1.29 is 4.79 Å². The van der Waals surface area contributed by atoms with Crippen LogP contribution in [0.1, 0.15) is 17.9 Å². The van der Waals surface area contributed by atoms with Gasteiger partial charge in [0.15, 0.2) is 0 Å². The number of rotatable bonds is 2. The molecule has 0 aromatic heterocycles. The molecule has 0 bridgehead atoms. The first-order valence-electron chi connectivity index (χ1n) is 6.45. The maximum absolute atomic E-state index is 11.3. The molecule has 2 aromatic carbocycles. The Kier molecular flexibility index (Phi) is 2.95. The van der Waals surface area contributed by atoms with Gasteiger partial charge in [0.1, 0.15) is 0 Å². The fourth-order valence-electron chi connectivity index (χ4n) is 2.54. The van der Waals surface area contributed by atoms with Gasteiger partial charge in [-0.05, 0) is 23.3 Å². The molecule has 0 saturated carbocycles. The van der Waals surface area contributed by atoms with E-state index >= 15 is 0 Å². The number of hydrogen-bond donors (Lipinski definition) is 2. The third-order valence-corrected chi connectivity index (χ3v) is 3.61. The second-order valence-electron chi connectivity index (χ2n) is 4.92. The van der Waals surface area contributed by atoms with Crippen molar-refractivity contribution in [3.8, 4) is 11.1 Å². The van der Waals surface area contributed by atoms with E-state index in [9.17, 15) is 4.79 Å². The Morgan fingerprint density at radius 1 is 1.11 bits per heavy atom.